The number of aliphatic hydroxyl groups is 1. The summed E-state index contributed by atoms with van der Waals surface area (Å²) < 4.78 is 0. The first-order chi connectivity index (χ1) is 9.66. The topological polar surface area (TPSA) is 20.2 Å². The first-order valence-electron chi connectivity index (χ1n) is 7.42. The van der Waals surface area contributed by atoms with Gasteiger partial charge in [0.25, 0.3) is 0 Å². The van der Waals surface area contributed by atoms with Crippen molar-refractivity contribution in [3.8, 4) is 0 Å². The monoisotopic (exact) mass is 268 g/mol. The Morgan fingerprint density at radius 3 is 1.50 bits per heavy atom. The highest BCUT2D eigenvalue weighted by Gasteiger charge is 2.22. The lowest BCUT2D eigenvalue weighted by molar-refractivity contribution is 0.0642. The highest BCUT2D eigenvalue weighted by atomic mass is 16.3. The zero-order valence-corrected chi connectivity index (χ0v) is 12.4. The van der Waals surface area contributed by atoms with Crippen LogP contribution >= 0.6 is 0 Å². The summed E-state index contributed by atoms with van der Waals surface area (Å²) in [5.41, 5.74) is 2.60. The molecule has 0 bridgehead atoms. The molecule has 0 aliphatic carbocycles. The van der Waals surface area contributed by atoms with E-state index in [4.69, 9.17) is 0 Å². The van der Waals surface area contributed by atoms with Crippen LogP contribution in [-0.2, 0) is 12.8 Å². The van der Waals surface area contributed by atoms with Gasteiger partial charge in [-0.15, -0.1) is 0 Å². The van der Waals surface area contributed by atoms with Gasteiger partial charge >= 0.3 is 0 Å². The molecule has 0 saturated carbocycles. The van der Waals surface area contributed by atoms with E-state index in [1.807, 2.05) is 12.1 Å². The van der Waals surface area contributed by atoms with Crippen molar-refractivity contribution in [2.24, 2.45) is 11.8 Å². The van der Waals surface area contributed by atoms with Gasteiger partial charge in [-0.25, -0.2) is 0 Å². The van der Waals surface area contributed by atoms with Crippen LogP contribution in [-0.4, -0.2) is 11.2 Å². The van der Waals surface area contributed by atoms with E-state index in [1.165, 1.54) is 11.1 Å². The van der Waals surface area contributed by atoms with Gasteiger partial charge in [-0.3, -0.25) is 0 Å². The molecule has 1 unspecified atom stereocenters. The third-order valence-electron chi connectivity index (χ3n) is 3.85. The van der Waals surface area contributed by atoms with E-state index in [2.05, 4.69) is 62.4 Å². The van der Waals surface area contributed by atoms with Gasteiger partial charge in [0.1, 0.15) is 0 Å². The number of hydrogen-bond donors (Lipinski definition) is 1. The van der Waals surface area contributed by atoms with Crippen LogP contribution in [0.3, 0.4) is 0 Å². The van der Waals surface area contributed by atoms with E-state index in [9.17, 15) is 5.11 Å². The zero-order chi connectivity index (χ0) is 14.4. The predicted octanol–water partition coefficient (Wildman–Crippen LogP) is 4.10. The number of hydrogen-bond acceptors (Lipinski definition) is 1. The smallest absolute Gasteiger partial charge is 0.0597 e. The minimum absolute atomic E-state index is 0.264. The Hall–Kier alpha value is -1.60. The summed E-state index contributed by atoms with van der Waals surface area (Å²) in [6.45, 7) is 4.18. The Labute approximate surface area is 122 Å². The van der Waals surface area contributed by atoms with Crippen molar-refractivity contribution >= 4 is 0 Å². The fourth-order valence-corrected chi connectivity index (χ4v) is 2.69. The van der Waals surface area contributed by atoms with Gasteiger partial charge in [0.15, 0.2) is 0 Å². The molecule has 2 aromatic carbocycles. The molecule has 2 rings (SSSR count). The van der Waals surface area contributed by atoms with E-state index < -0.39 is 0 Å². The average Bonchev–Trinajstić information content (AvgIpc) is 2.48. The molecule has 1 N–H and O–H groups in total. The van der Waals surface area contributed by atoms with Crippen LogP contribution in [0.4, 0.5) is 0 Å². The van der Waals surface area contributed by atoms with Crippen molar-refractivity contribution in [2.45, 2.75) is 32.8 Å². The Balaban J connectivity index is 2.12. The van der Waals surface area contributed by atoms with Crippen LogP contribution in [0.1, 0.15) is 25.0 Å². The lowest BCUT2D eigenvalue weighted by Gasteiger charge is -2.26. The molecular formula is C19H24O. The van der Waals surface area contributed by atoms with Gasteiger partial charge in [0, 0.05) is 0 Å². The van der Waals surface area contributed by atoms with Crippen LogP contribution in [0.2, 0.25) is 0 Å². The maximum atomic E-state index is 10.5. The summed E-state index contributed by atoms with van der Waals surface area (Å²) in [5, 5.41) is 10.5. The minimum Gasteiger partial charge on any atom is -0.393 e. The van der Waals surface area contributed by atoms with Crippen molar-refractivity contribution < 1.29 is 5.11 Å². The molecule has 0 heterocycles. The molecule has 2 aromatic rings. The van der Waals surface area contributed by atoms with Gasteiger partial charge in [0.05, 0.1) is 6.10 Å². The standard InChI is InChI=1S/C19H24O/c1-15(2)19(20)18(13-16-9-5-3-6-10-16)14-17-11-7-4-8-12-17/h3-12,15,18-20H,13-14H2,1-2H3. The molecule has 0 radical (unpaired) electrons. The summed E-state index contributed by atoms with van der Waals surface area (Å²) in [5.74, 6) is 0.548. The summed E-state index contributed by atoms with van der Waals surface area (Å²) in [6.07, 6.45) is 1.58. The van der Waals surface area contributed by atoms with Crippen LogP contribution in [0.15, 0.2) is 60.7 Å². The Bertz CT molecular complexity index is 448. The van der Waals surface area contributed by atoms with E-state index in [0.717, 1.165) is 12.8 Å². The van der Waals surface area contributed by atoms with Crippen molar-refractivity contribution in [1.29, 1.82) is 0 Å². The van der Waals surface area contributed by atoms with Gasteiger partial charge in [-0.05, 0) is 35.8 Å². The lowest BCUT2D eigenvalue weighted by atomic mass is 9.83. The Kier molecular flexibility index (Phi) is 5.37. The molecule has 106 valence electrons. The summed E-state index contributed by atoms with van der Waals surface area (Å²) in [4.78, 5) is 0. The average molecular weight is 268 g/mol. The number of rotatable bonds is 6. The summed E-state index contributed by atoms with van der Waals surface area (Å²) in [6, 6.07) is 20.9. The second-order valence-corrected chi connectivity index (χ2v) is 5.87. The fraction of sp³-hybridized carbons (Fsp3) is 0.368. The quantitative estimate of drug-likeness (QED) is 0.836. The van der Waals surface area contributed by atoms with E-state index in [1.54, 1.807) is 0 Å². The molecule has 1 heteroatoms. The fourth-order valence-electron chi connectivity index (χ4n) is 2.69. The number of benzene rings is 2. The summed E-state index contributed by atoms with van der Waals surface area (Å²) in [7, 11) is 0. The zero-order valence-electron chi connectivity index (χ0n) is 12.4. The predicted molar refractivity (Wildman–Crippen MR) is 84.6 cm³/mol. The molecular weight excluding hydrogens is 244 g/mol. The van der Waals surface area contributed by atoms with E-state index >= 15 is 0 Å². The second-order valence-electron chi connectivity index (χ2n) is 5.87. The van der Waals surface area contributed by atoms with Gasteiger partial charge in [0.2, 0.25) is 0 Å². The molecule has 1 nitrogen and oxygen atoms in total. The molecule has 0 fully saturated rings. The van der Waals surface area contributed by atoms with Crippen LogP contribution in [0.5, 0.6) is 0 Å². The van der Waals surface area contributed by atoms with Gasteiger partial charge in [-0.2, -0.15) is 0 Å². The van der Waals surface area contributed by atoms with Crippen molar-refractivity contribution in [2.75, 3.05) is 0 Å². The lowest BCUT2D eigenvalue weighted by Crippen LogP contribution is -2.29. The molecule has 0 saturated heterocycles. The molecule has 0 aliphatic heterocycles. The van der Waals surface area contributed by atoms with E-state index in [-0.39, 0.29) is 17.9 Å². The van der Waals surface area contributed by atoms with Gasteiger partial charge in [-0.1, -0.05) is 74.5 Å². The number of aliphatic hydroxyl groups excluding tert-OH is 1. The van der Waals surface area contributed by atoms with Crippen LogP contribution in [0.25, 0.3) is 0 Å². The van der Waals surface area contributed by atoms with E-state index in [0.29, 0.717) is 0 Å². The van der Waals surface area contributed by atoms with Gasteiger partial charge < -0.3 is 5.11 Å². The van der Waals surface area contributed by atoms with Crippen LogP contribution < -0.4 is 0 Å². The first-order valence-corrected chi connectivity index (χ1v) is 7.42. The van der Waals surface area contributed by atoms with Crippen LogP contribution in [0, 0.1) is 11.8 Å². The normalized spacial score (nSPS) is 12.8. The second kappa shape index (κ2) is 7.25. The van der Waals surface area contributed by atoms with Crippen molar-refractivity contribution in [3.05, 3.63) is 71.8 Å². The molecule has 0 spiro atoms. The largest absolute Gasteiger partial charge is 0.393 e. The molecule has 0 aliphatic rings. The third-order valence-corrected chi connectivity index (χ3v) is 3.85. The Morgan fingerprint density at radius 1 is 0.750 bits per heavy atom. The molecule has 1 atom stereocenters. The maximum Gasteiger partial charge on any atom is 0.0597 e. The SMILES string of the molecule is CC(C)C(O)C(Cc1ccccc1)Cc1ccccc1. The highest BCUT2D eigenvalue weighted by Crippen LogP contribution is 2.22. The maximum absolute atomic E-state index is 10.5. The molecule has 0 aromatic heterocycles. The summed E-state index contributed by atoms with van der Waals surface area (Å²) >= 11 is 0. The molecule has 0 amide bonds. The molecule has 20 heavy (non-hydrogen) atoms. The highest BCUT2D eigenvalue weighted by molar-refractivity contribution is 5.19. The first kappa shape index (κ1) is 14.8. The van der Waals surface area contributed by atoms with Crippen molar-refractivity contribution in [3.63, 3.8) is 0 Å². The Morgan fingerprint density at radius 2 is 1.15 bits per heavy atom. The third kappa shape index (κ3) is 4.21. The minimum atomic E-state index is -0.268. The van der Waals surface area contributed by atoms with Crippen molar-refractivity contribution in [1.82, 2.24) is 0 Å².